The zero-order chi connectivity index (χ0) is 37.0. The molecule has 0 unspecified atom stereocenters. The summed E-state index contributed by atoms with van der Waals surface area (Å²) in [6.07, 6.45) is 0. The molecule has 0 aliphatic carbocycles. The molecular formula is C54H36N2. The summed E-state index contributed by atoms with van der Waals surface area (Å²) in [5, 5.41) is 5.00. The SMILES string of the molecule is c1ccc(-c2cccc(-n3c4ccccc4c4cc(-c5cccc6c5c5ccccc5n6-c5cccc(-c6ccccc6-c6ccccc6)c5)ccc43)c2)cc1. The molecule has 0 atom stereocenters. The van der Waals surface area contributed by atoms with Crippen molar-refractivity contribution in [3.05, 3.63) is 218 Å². The van der Waals surface area contributed by atoms with E-state index in [2.05, 4.69) is 228 Å². The lowest BCUT2D eigenvalue weighted by atomic mass is 9.94. The van der Waals surface area contributed by atoms with E-state index in [1.54, 1.807) is 0 Å². The Morgan fingerprint density at radius 3 is 1.45 bits per heavy atom. The highest BCUT2D eigenvalue weighted by Gasteiger charge is 2.19. The third-order valence-electron chi connectivity index (χ3n) is 11.3. The lowest BCUT2D eigenvalue weighted by Gasteiger charge is -2.13. The number of benzene rings is 9. The molecule has 11 rings (SSSR count). The van der Waals surface area contributed by atoms with Gasteiger partial charge in [0.1, 0.15) is 0 Å². The van der Waals surface area contributed by atoms with Crippen molar-refractivity contribution in [1.82, 2.24) is 9.13 Å². The van der Waals surface area contributed by atoms with E-state index >= 15 is 0 Å². The number of nitrogens with zero attached hydrogens (tertiary/aromatic N) is 2. The minimum absolute atomic E-state index is 1.14. The summed E-state index contributed by atoms with van der Waals surface area (Å²) in [5.41, 5.74) is 16.8. The van der Waals surface area contributed by atoms with Gasteiger partial charge < -0.3 is 9.13 Å². The molecule has 11 aromatic rings. The summed E-state index contributed by atoms with van der Waals surface area (Å²) in [6.45, 7) is 0. The van der Waals surface area contributed by atoms with Gasteiger partial charge in [-0.1, -0.05) is 164 Å². The van der Waals surface area contributed by atoms with Crippen LogP contribution in [-0.2, 0) is 0 Å². The minimum atomic E-state index is 1.14. The fourth-order valence-corrected chi connectivity index (χ4v) is 8.83. The molecule has 0 aliphatic heterocycles. The topological polar surface area (TPSA) is 9.86 Å². The van der Waals surface area contributed by atoms with Crippen LogP contribution >= 0.6 is 0 Å². The molecule has 0 aliphatic rings. The van der Waals surface area contributed by atoms with Gasteiger partial charge in [-0.25, -0.2) is 0 Å². The predicted molar refractivity (Wildman–Crippen MR) is 237 cm³/mol. The number of hydrogen-bond donors (Lipinski definition) is 0. The maximum absolute atomic E-state index is 2.44. The van der Waals surface area contributed by atoms with Gasteiger partial charge in [0, 0.05) is 32.9 Å². The zero-order valence-electron chi connectivity index (χ0n) is 30.7. The summed E-state index contributed by atoms with van der Waals surface area (Å²) >= 11 is 0. The van der Waals surface area contributed by atoms with Gasteiger partial charge in [-0.15, -0.1) is 0 Å². The van der Waals surface area contributed by atoms with E-state index in [4.69, 9.17) is 0 Å². The molecular weight excluding hydrogens is 677 g/mol. The van der Waals surface area contributed by atoms with Crippen LogP contribution in [0.3, 0.4) is 0 Å². The first-order chi connectivity index (χ1) is 27.8. The highest BCUT2D eigenvalue weighted by Crippen LogP contribution is 2.42. The van der Waals surface area contributed by atoms with Crippen LogP contribution in [0.25, 0.3) is 99.5 Å². The molecule has 0 fully saturated rings. The van der Waals surface area contributed by atoms with Crippen molar-refractivity contribution >= 4 is 43.6 Å². The Bertz CT molecular complexity index is 3240. The van der Waals surface area contributed by atoms with Gasteiger partial charge in [0.15, 0.2) is 0 Å². The molecule has 262 valence electrons. The zero-order valence-corrected chi connectivity index (χ0v) is 30.7. The van der Waals surface area contributed by atoms with Crippen LogP contribution in [0.1, 0.15) is 0 Å². The highest BCUT2D eigenvalue weighted by atomic mass is 15.0. The predicted octanol–water partition coefficient (Wildman–Crippen LogP) is 14.5. The Morgan fingerprint density at radius 1 is 0.232 bits per heavy atom. The quantitative estimate of drug-likeness (QED) is 0.162. The van der Waals surface area contributed by atoms with Gasteiger partial charge in [-0.05, 0) is 99.1 Å². The molecule has 0 saturated heterocycles. The molecule has 0 bridgehead atoms. The van der Waals surface area contributed by atoms with Gasteiger partial charge in [0.25, 0.3) is 0 Å². The van der Waals surface area contributed by atoms with Crippen LogP contribution in [0.2, 0.25) is 0 Å². The lowest BCUT2D eigenvalue weighted by Crippen LogP contribution is -1.95. The normalized spacial score (nSPS) is 11.6. The smallest absolute Gasteiger partial charge is 0.0547 e. The molecule has 0 saturated carbocycles. The van der Waals surface area contributed by atoms with Crippen molar-refractivity contribution in [2.75, 3.05) is 0 Å². The third-order valence-corrected chi connectivity index (χ3v) is 11.3. The fourth-order valence-electron chi connectivity index (χ4n) is 8.83. The van der Waals surface area contributed by atoms with E-state index in [0.717, 1.165) is 11.4 Å². The van der Waals surface area contributed by atoms with Crippen molar-refractivity contribution in [3.8, 4) is 55.9 Å². The Morgan fingerprint density at radius 2 is 0.696 bits per heavy atom. The van der Waals surface area contributed by atoms with E-state index in [1.807, 2.05) is 0 Å². The number of rotatable bonds is 6. The number of aromatic nitrogens is 2. The van der Waals surface area contributed by atoms with Gasteiger partial charge in [0.05, 0.1) is 22.1 Å². The van der Waals surface area contributed by atoms with Crippen LogP contribution < -0.4 is 0 Å². The summed E-state index contributed by atoms with van der Waals surface area (Å²) in [4.78, 5) is 0. The van der Waals surface area contributed by atoms with Gasteiger partial charge in [-0.3, -0.25) is 0 Å². The first kappa shape index (κ1) is 32.0. The molecule has 0 amide bonds. The van der Waals surface area contributed by atoms with E-state index in [1.165, 1.54) is 88.1 Å². The van der Waals surface area contributed by atoms with Crippen LogP contribution in [0.4, 0.5) is 0 Å². The third kappa shape index (κ3) is 5.19. The second-order valence-electron chi connectivity index (χ2n) is 14.5. The Labute approximate surface area is 325 Å². The number of fused-ring (bicyclic) bond motifs is 6. The van der Waals surface area contributed by atoms with Crippen LogP contribution in [0, 0.1) is 0 Å². The van der Waals surface area contributed by atoms with Crippen LogP contribution in [0.5, 0.6) is 0 Å². The monoisotopic (exact) mass is 712 g/mol. The highest BCUT2D eigenvalue weighted by molar-refractivity contribution is 6.17. The molecule has 9 aromatic carbocycles. The Kier molecular flexibility index (Phi) is 7.53. The molecule has 2 heteroatoms. The largest absolute Gasteiger partial charge is 0.309 e. The summed E-state index contributed by atoms with van der Waals surface area (Å²) in [6, 6.07) is 79.3. The molecule has 2 nitrogen and oxygen atoms in total. The van der Waals surface area contributed by atoms with Gasteiger partial charge in [-0.2, -0.15) is 0 Å². The molecule has 0 N–H and O–H groups in total. The number of para-hydroxylation sites is 2. The van der Waals surface area contributed by atoms with Crippen LogP contribution in [-0.4, -0.2) is 9.13 Å². The van der Waals surface area contributed by atoms with E-state index < -0.39 is 0 Å². The first-order valence-electron chi connectivity index (χ1n) is 19.3. The fraction of sp³-hybridized carbons (Fsp3) is 0. The Balaban J connectivity index is 1.08. The summed E-state index contributed by atoms with van der Waals surface area (Å²) < 4.78 is 4.85. The van der Waals surface area contributed by atoms with Crippen molar-refractivity contribution in [1.29, 1.82) is 0 Å². The molecule has 0 radical (unpaired) electrons. The lowest BCUT2D eigenvalue weighted by molar-refractivity contribution is 1.18. The summed E-state index contributed by atoms with van der Waals surface area (Å²) in [7, 11) is 0. The standard InChI is InChI=1S/C54H36N2/c1-3-16-37(17-4-1)39-20-13-22-42(34-39)55-50-29-11-9-26-47(50)49-36-41(32-33-52(49)55)46-28-15-31-53-54(46)48-27-10-12-30-51(48)56(53)43-23-14-21-40(35-43)45-25-8-7-24-44(45)38-18-5-2-6-19-38/h1-36H. The van der Waals surface area contributed by atoms with Crippen molar-refractivity contribution < 1.29 is 0 Å². The van der Waals surface area contributed by atoms with E-state index in [-0.39, 0.29) is 0 Å². The molecule has 2 aromatic heterocycles. The molecule has 0 spiro atoms. The van der Waals surface area contributed by atoms with Crippen molar-refractivity contribution in [3.63, 3.8) is 0 Å². The van der Waals surface area contributed by atoms with Crippen LogP contribution in [0.15, 0.2) is 218 Å². The molecule has 56 heavy (non-hydrogen) atoms. The summed E-state index contributed by atoms with van der Waals surface area (Å²) in [5.74, 6) is 0. The van der Waals surface area contributed by atoms with E-state index in [0.29, 0.717) is 0 Å². The average Bonchev–Trinajstić information content (AvgIpc) is 3.80. The van der Waals surface area contributed by atoms with Gasteiger partial charge in [0.2, 0.25) is 0 Å². The maximum Gasteiger partial charge on any atom is 0.0547 e. The van der Waals surface area contributed by atoms with Crippen molar-refractivity contribution in [2.45, 2.75) is 0 Å². The second-order valence-corrected chi connectivity index (χ2v) is 14.5. The average molecular weight is 713 g/mol. The number of hydrogen-bond acceptors (Lipinski definition) is 0. The first-order valence-corrected chi connectivity index (χ1v) is 19.3. The van der Waals surface area contributed by atoms with Gasteiger partial charge >= 0.3 is 0 Å². The molecule has 2 heterocycles. The van der Waals surface area contributed by atoms with Crippen molar-refractivity contribution in [2.24, 2.45) is 0 Å². The maximum atomic E-state index is 2.44. The minimum Gasteiger partial charge on any atom is -0.309 e. The second kappa shape index (κ2) is 13.2. The van der Waals surface area contributed by atoms with E-state index in [9.17, 15) is 0 Å². The Hall–Kier alpha value is -7.42.